The zero-order valence-corrected chi connectivity index (χ0v) is 5.91. The molecule has 0 atom stereocenters. The summed E-state index contributed by atoms with van der Waals surface area (Å²) < 4.78 is 4.85. The molecule has 0 aliphatic carbocycles. The first-order valence-electron chi connectivity index (χ1n) is 3.25. The summed E-state index contributed by atoms with van der Waals surface area (Å²) >= 11 is 0. The van der Waals surface area contributed by atoms with Crippen molar-refractivity contribution in [2.45, 2.75) is 6.42 Å². The standard InChI is InChI=1S/C7H9NO3/c8-2-1-5-3-6(9)7(10)4-11-5/h3-4,10H,1-2,8H2. The number of rotatable bonds is 2. The summed E-state index contributed by atoms with van der Waals surface area (Å²) in [6, 6.07) is 1.24. The van der Waals surface area contributed by atoms with E-state index in [1.165, 1.54) is 6.07 Å². The molecule has 0 amide bonds. The lowest BCUT2D eigenvalue weighted by atomic mass is 10.3. The van der Waals surface area contributed by atoms with Gasteiger partial charge in [-0.3, -0.25) is 4.79 Å². The van der Waals surface area contributed by atoms with Crippen LogP contribution in [0.25, 0.3) is 0 Å². The first-order chi connectivity index (χ1) is 5.24. The monoisotopic (exact) mass is 155 g/mol. The van der Waals surface area contributed by atoms with Crippen LogP contribution in [0, 0.1) is 0 Å². The zero-order valence-electron chi connectivity index (χ0n) is 5.91. The molecule has 1 heterocycles. The van der Waals surface area contributed by atoms with Gasteiger partial charge in [0.2, 0.25) is 5.43 Å². The van der Waals surface area contributed by atoms with Gasteiger partial charge in [0.15, 0.2) is 5.75 Å². The largest absolute Gasteiger partial charge is 0.502 e. The number of hydrogen-bond donors (Lipinski definition) is 2. The van der Waals surface area contributed by atoms with Crippen molar-refractivity contribution in [3.63, 3.8) is 0 Å². The van der Waals surface area contributed by atoms with Gasteiger partial charge in [0.1, 0.15) is 12.0 Å². The maximum atomic E-state index is 10.8. The van der Waals surface area contributed by atoms with Gasteiger partial charge in [-0.2, -0.15) is 0 Å². The van der Waals surface area contributed by atoms with Crippen LogP contribution in [-0.2, 0) is 6.42 Å². The molecule has 0 saturated carbocycles. The molecule has 1 aromatic heterocycles. The Balaban J connectivity index is 2.96. The van der Waals surface area contributed by atoms with Crippen molar-refractivity contribution in [1.82, 2.24) is 0 Å². The Morgan fingerprint density at radius 3 is 2.91 bits per heavy atom. The maximum Gasteiger partial charge on any atom is 0.226 e. The smallest absolute Gasteiger partial charge is 0.226 e. The number of nitrogens with two attached hydrogens (primary N) is 1. The van der Waals surface area contributed by atoms with Crippen LogP contribution in [0.5, 0.6) is 5.75 Å². The molecule has 0 fully saturated rings. The lowest BCUT2D eigenvalue weighted by Crippen LogP contribution is -2.06. The second-order valence-electron chi connectivity index (χ2n) is 2.13. The van der Waals surface area contributed by atoms with E-state index in [-0.39, 0.29) is 5.75 Å². The first kappa shape index (κ1) is 7.81. The summed E-state index contributed by atoms with van der Waals surface area (Å²) in [4.78, 5) is 10.8. The van der Waals surface area contributed by atoms with E-state index in [0.29, 0.717) is 18.7 Å². The van der Waals surface area contributed by atoms with E-state index in [0.717, 1.165) is 6.26 Å². The molecular weight excluding hydrogens is 146 g/mol. The summed E-state index contributed by atoms with van der Waals surface area (Å²) in [6.07, 6.45) is 1.53. The molecule has 60 valence electrons. The van der Waals surface area contributed by atoms with Crippen molar-refractivity contribution in [2.75, 3.05) is 6.54 Å². The number of hydrogen-bond acceptors (Lipinski definition) is 4. The average molecular weight is 155 g/mol. The van der Waals surface area contributed by atoms with Crippen LogP contribution >= 0.6 is 0 Å². The fraction of sp³-hybridized carbons (Fsp3) is 0.286. The molecule has 0 bridgehead atoms. The summed E-state index contributed by atoms with van der Waals surface area (Å²) in [5.74, 6) is 0.126. The van der Waals surface area contributed by atoms with Gasteiger partial charge in [-0.15, -0.1) is 0 Å². The maximum absolute atomic E-state index is 10.8. The fourth-order valence-corrected chi connectivity index (χ4v) is 0.717. The van der Waals surface area contributed by atoms with Gasteiger partial charge < -0.3 is 15.3 Å². The van der Waals surface area contributed by atoms with E-state index in [1.807, 2.05) is 0 Å². The predicted molar refractivity (Wildman–Crippen MR) is 39.4 cm³/mol. The highest BCUT2D eigenvalue weighted by molar-refractivity contribution is 5.15. The third kappa shape index (κ3) is 1.81. The average Bonchev–Trinajstić information content (AvgIpc) is 1.98. The second kappa shape index (κ2) is 3.21. The van der Waals surface area contributed by atoms with Gasteiger partial charge in [0.05, 0.1) is 0 Å². The highest BCUT2D eigenvalue weighted by Gasteiger charge is 1.99. The third-order valence-electron chi connectivity index (χ3n) is 1.26. The Bertz CT molecular complexity index is 292. The van der Waals surface area contributed by atoms with Gasteiger partial charge in [-0.1, -0.05) is 0 Å². The van der Waals surface area contributed by atoms with E-state index in [1.54, 1.807) is 0 Å². The molecule has 1 rings (SSSR count). The van der Waals surface area contributed by atoms with E-state index in [2.05, 4.69) is 0 Å². The van der Waals surface area contributed by atoms with Gasteiger partial charge >= 0.3 is 0 Å². The topological polar surface area (TPSA) is 76.5 Å². The van der Waals surface area contributed by atoms with Crippen LogP contribution < -0.4 is 11.2 Å². The van der Waals surface area contributed by atoms with Crippen LogP contribution in [0.2, 0.25) is 0 Å². The first-order valence-corrected chi connectivity index (χ1v) is 3.25. The molecule has 0 spiro atoms. The Morgan fingerprint density at radius 1 is 1.64 bits per heavy atom. The van der Waals surface area contributed by atoms with Gasteiger partial charge in [-0.05, 0) is 6.54 Å². The van der Waals surface area contributed by atoms with Crippen LogP contribution in [-0.4, -0.2) is 11.7 Å². The summed E-state index contributed by atoms with van der Waals surface area (Å²) in [5, 5.41) is 8.77. The minimum atomic E-state index is -0.431. The van der Waals surface area contributed by atoms with Gasteiger partial charge in [0, 0.05) is 12.5 Å². The molecule has 4 heteroatoms. The Labute approximate surface area is 63.3 Å². The highest BCUT2D eigenvalue weighted by atomic mass is 16.3. The summed E-state index contributed by atoms with van der Waals surface area (Å²) in [7, 11) is 0. The van der Waals surface area contributed by atoms with E-state index in [4.69, 9.17) is 15.3 Å². The molecule has 0 aromatic carbocycles. The molecule has 0 unspecified atom stereocenters. The van der Waals surface area contributed by atoms with Gasteiger partial charge in [-0.25, -0.2) is 0 Å². The second-order valence-corrected chi connectivity index (χ2v) is 2.13. The molecule has 0 radical (unpaired) electrons. The molecular formula is C7H9NO3. The molecule has 0 aliphatic rings. The quantitative estimate of drug-likeness (QED) is 0.622. The molecule has 3 N–H and O–H groups in total. The molecule has 4 nitrogen and oxygen atoms in total. The van der Waals surface area contributed by atoms with E-state index in [9.17, 15) is 4.79 Å². The Kier molecular flexibility index (Phi) is 2.28. The van der Waals surface area contributed by atoms with E-state index < -0.39 is 5.43 Å². The van der Waals surface area contributed by atoms with Crippen LogP contribution in [0.15, 0.2) is 21.5 Å². The number of aromatic hydroxyl groups is 1. The van der Waals surface area contributed by atoms with Crippen molar-refractivity contribution < 1.29 is 9.52 Å². The van der Waals surface area contributed by atoms with Crippen LogP contribution in [0.3, 0.4) is 0 Å². The Hall–Kier alpha value is -1.29. The fourth-order valence-electron chi connectivity index (χ4n) is 0.717. The normalized spacial score (nSPS) is 9.91. The van der Waals surface area contributed by atoms with Crippen molar-refractivity contribution >= 4 is 0 Å². The van der Waals surface area contributed by atoms with Crippen molar-refractivity contribution in [1.29, 1.82) is 0 Å². The van der Waals surface area contributed by atoms with Crippen LogP contribution in [0.1, 0.15) is 5.76 Å². The van der Waals surface area contributed by atoms with Crippen molar-refractivity contribution in [2.24, 2.45) is 5.73 Å². The molecule has 0 saturated heterocycles. The summed E-state index contributed by atoms with van der Waals surface area (Å²) in [6.45, 7) is 0.424. The zero-order chi connectivity index (χ0) is 8.27. The molecule has 0 aliphatic heterocycles. The predicted octanol–water partition coefficient (Wildman–Crippen LogP) is -0.153. The minimum Gasteiger partial charge on any atom is -0.502 e. The van der Waals surface area contributed by atoms with Gasteiger partial charge in [0.25, 0.3) is 0 Å². The van der Waals surface area contributed by atoms with Crippen molar-refractivity contribution in [3.05, 3.63) is 28.3 Å². The van der Waals surface area contributed by atoms with Crippen molar-refractivity contribution in [3.8, 4) is 5.75 Å². The molecule has 1 aromatic rings. The minimum absolute atomic E-state index is 0.370. The lowest BCUT2D eigenvalue weighted by Gasteiger charge is -1.95. The Morgan fingerprint density at radius 2 is 2.36 bits per heavy atom. The highest BCUT2D eigenvalue weighted by Crippen LogP contribution is 2.02. The SMILES string of the molecule is NCCc1cc(=O)c(O)co1. The van der Waals surface area contributed by atoms with E-state index >= 15 is 0 Å². The van der Waals surface area contributed by atoms with Crippen LogP contribution in [0.4, 0.5) is 0 Å². The lowest BCUT2D eigenvalue weighted by molar-refractivity contribution is 0.413. The third-order valence-corrected chi connectivity index (χ3v) is 1.26. The molecule has 11 heavy (non-hydrogen) atoms. The summed E-state index contributed by atoms with van der Waals surface area (Å²) in [5.41, 5.74) is 4.79.